The van der Waals surface area contributed by atoms with E-state index in [-0.39, 0.29) is 11.4 Å². The lowest BCUT2D eigenvalue weighted by Gasteiger charge is -2.06. The quantitative estimate of drug-likeness (QED) is 0.392. The van der Waals surface area contributed by atoms with Crippen molar-refractivity contribution in [2.75, 3.05) is 12.4 Å². The molecule has 2 aromatic rings. The van der Waals surface area contributed by atoms with Gasteiger partial charge in [0.1, 0.15) is 5.75 Å². The highest BCUT2D eigenvalue weighted by molar-refractivity contribution is 7.91. The van der Waals surface area contributed by atoms with Gasteiger partial charge in [-0.05, 0) is 43.5 Å². The Balaban J connectivity index is 1.67. The van der Waals surface area contributed by atoms with Crippen molar-refractivity contribution in [3.05, 3.63) is 64.7 Å². The van der Waals surface area contributed by atoms with Crippen molar-refractivity contribution in [1.82, 2.24) is 0 Å². The third-order valence-corrected chi connectivity index (χ3v) is 5.29. The van der Waals surface area contributed by atoms with Crippen LogP contribution in [0, 0.1) is 10.1 Å². The molecule has 0 unspecified atom stereocenters. The summed E-state index contributed by atoms with van der Waals surface area (Å²) in [6, 6.07) is 14.3. The van der Waals surface area contributed by atoms with Gasteiger partial charge in [-0.1, -0.05) is 18.2 Å². The molecule has 0 aliphatic rings. The maximum atomic E-state index is 12.1. The number of benzene rings is 2. The van der Waals surface area contributed by atoms with E-state index >= 15 is 0 Å². The van der Waals surface area contributed by atoms with E-state index in [9.17, 15) is 18.5 Å². The Morgan fingerprint density at radius 1 is 0.917 bits per heavy atom. The molecule has 0 bridgehead atoms. The molecule has 0 N–H and O–H groups in total. The Bertz CT molecular complexity index is 757. The fraction of sp³-hybridized carbons (Fsp3) is 0.294. The zero-order chi connectivity index (χ0) is 17.4. The number of unbranched alkanes of at least 4 members (excludes halogenated alkanes) is 2. The predicted molar refractivity (Wildman–Crippen MR) is 90.9 cm³/mol. The molecule has 0 amide bonds. The minimum absolute atomic E-state index is 0.0217. The van der Waals surface area contributed by atoms with Gasteiger partial charge in [-0.2, -0.15) is 0 Å². The van der Waals surface area contributed by atoms with Crippen LogP contribution in [-0.4, -0.2) is 25.7 Å². The van der Waals surface area contributed by atoms with E-state index in [1.54, 1.807) is 42.5 Å². The highest BCUT2D eigenvalue weighted by atomic mass is 32.2. The van der Waals surface area contributed by atoms with Crippen LogP contribution < -0.4 is 4.74 Å². The molecule has 0 radical (unpaired) electrons. The maximum absolute atomic E-state index is 12.1. The summed E-state index contributed by atoms with van der Waals surface area (Å²) in [5.41, 5.74) is 0.0217. The molecular formula is C17H19NO5S. The molecule has 0 atom stereocenters. The molecule has 0 saturated heterocycles. The first-order valence-corrected chi connectivity index (χ1v) is 9.29. The van der Waals surface area contributed by atoms with Gasteiger partial charge in [-0.15, -0.1) is 0 Å². The maximum Gasteiger partial charge on any atom is 0.269 e. The van der Waals surface area contributed by atoms with E-state index in [2.05, 4.69) is 0 Å². The first-order valence-electron chi connectivity index (χ1n) is 7.64. The van der Waals surface area contributed by atoms with Crippen LogP contribution in [-0.2, 0) is 9.84 Å². The number of hydrogen-bond acceptors (Lipinski definition) is 5. The zero-order valence-corrected chi connectivity index (χ0v) is 13.9. The minimum Gasteiger partial charge on any atom is -0.494 e. The van der Waals surface area contributed by atoms with E-state index in [1.807, 2.05) is 0 Å². The number of sulfone groups is 1. The van der Waals surface area contributed by atoms with Crippen molar-refractivity contribution in [2.24, 2.45) is 0 Å². The number of ether oxygens (including phenoxy) is 1. The molecular weight excluding hydrogens is 330 g/mol. The molecule has 0 saturated carbocycles. The van der Waals surface area contributed by atoms with Gasteiger partial charge in [0.05, 0.1) is 22.2 Å². The summed E-state index contributed by atoms with van der Waals surface area (Å²) in [5, 5.41) is 10.5. The fourth-order valence-electron chi connectivity index (χ4n) is 2.17. The molecule has 0 fully saturated rings. The number of non-ortho nitro benzene ring substituents is 1. The van der Waals surface area contributed by atoms with Crippen LogP contribution in [0.5, 0.6) is 5.75 Å². The summed E-state index contributed by atoms with van der Waals surface area (Å²) >= 11 is 0. The lowest BCUT2D eigenvalue weighted by Crippen LogP contribution is -2.07. The van der Waals surface area contributed by atoms with E-state index in [0.717, 1.165) is 12.8 Å². The highest BCUT2D eigenvalue weighted by Crippen LogP contribution is 2.18. The van der Waals surface area contributed by atoms with Crippen molar-refractivity contribution in [3.8, 4) is 5.75 Å². The van der Waals surface area contributed by atoms with Crippen molar-refractivity contribution >= 4 is 15.5 Å². The van der Waals surface area contributed by atoms with Gasteiger partial charge in [0.15, 0.2) is 9.84 Å². The second kappa shape index (κ2) is 8.44. The van der Waals surface area contributed by atoms with E-state index in [1.165, 1.54) is 12.1 Å². The van der Waals surface area contributed by atoms with Gasteiger partial charge in [0.2, 0.25) is 0 Å². The number of nitrogens with zero attached hydrogens (tertiary/aromatic N) is 1. The first kappa shape index (κ1) is 17.9. The molecule has 24 heavy (non-hydrogen) atoms. The molecule has 0 heterocycles. The molecule has 7 heteroatoms. The second-order valence-corrected chi connectivity index (χ2v) is 7.40. The molecule has 6 nitrogen and oxygen atoms in total. The Labute approximate surface area is 141 Å². The molecule has 2 rings (SSSR count). The second-order valence-electron chi connectivity index (χ2n) is 5.29. The van der Waals surface area contributed by atoms with E-state index in [0.29, 0.717) is 23.7 Å². The fourth-order valence-corrected chi connectivity index (χ4v) is 3.56. The molecule has 0 aliphatic heterocycles. The molecule has 0 spiro atoms. The average Bonchev–Trinajstić information content (AvgIpc) is 2.59. The Kier molecular flexibility index (Phi) is 6.31. The lowest BCUT2D eigenvalue weighted by atomic mass is 10.2. The summed E-state index contributed by atoms with van der Waals surface area (Å²) in [6.45, 7) is 0.448. The first-order chi connectivity index (χ1) is 11.5. The van der Waals surface area contributed by atoms with Crippen molar-refractivity contribution in [3.63, 3.8) is 0 Å². The van der Waals surface area contributed by atoms with Crippen LogP contribution in [0.1, 0.15) is 19.3 Å². The van der Waals surface area contributed by atoms with Crippen LogP contribution in [0.4, 0.5) is 5.69 Å². The van der Waals surface area contributed by atoms with Crippen LogP contribution >= 0.6 is 0 Å². The summed E-state index contributed by atoms with van der Waals surface area (Å²) < 4.78 is 29.7. The highest BCUT2D eigenvalue weighted by Gasteiger charge is 2.12. The van der Waals surface area contributed by atoms with Gasteiger partial charge < -0.3 is 4.74 Å². The summed E-state index contributed by atoms with van der Waals surface area (Å²) in [4.78, 5) is 10.4. The number of nitro benzene ring substituents is 1. The molecule has 2 aromatic carbocycles. The van der Waals surface area contributed by atoms with Gasteiger partial charge >= 0.3 is 0 Å². The Morgan fingerprint density at radius 2 is 1.58 bits per heavy atom. The summed E-state index contributed by atoms with van der Waals surface area (Å²) in [6.07, 6.45) is 2.03. The Hall–Kier alpha value is -2.41. The molecule has 128 valence electrons. The van der Waals surface area contributed by atoms with Crippen LogP contribution in [0.2, 0.25) is 0 Å². The summed E-state index contributed by atoms with van der Waals surface area (Å²) in [5.74, 6) is 0.687. The summed E-state index contributed by atoms with van der Waals surface area (Å²) in [7, 11) is -3.22. The lowest BCUT2D eigenvalue weighted by molar-refractivity contribution is -0.384. The predicted octanol–water partition coefficient (Wildman–Crippen LogP) is 3.62. The van der Waals surface area contributed by atoms with Gasteiger partial charge in [0, 0.05) is 12.1 Å². The largest absolute Gasteiger partial charge is 0.494 e. The monoisotopic (exact) mass is 349 g/mol. The SMILES string of the molecule is O=[N+]([O-])c1ccc(OCCCCCS(=O)(=O)c2ccccc2)cc1. The topological polar surface area (TPSA) is 86.5 Å². The Morgan fingerprint density at radius 3 is 2.21 bits per heavy atom. The number of nitro groups is 1. The van der Waals surface area contributed by atoms with Crippen LogP contribution in [0.25, 0.3) is 0 Å². The van der Waals surface area contributed by atoms with Gasteiger partial charge in [0.25, 0.3) is 5.69 Å². The van der Waals surface area contributed by atoms with Crippen molar-refractivity contribution < 1.29 is 18.1 Å². The number of hydrogen-bond donors (Lipinski definition) is 0. The van der Waals surface area contributed by atoms with Gasteiger partial charge in [-0.3, -0.25) is 10.1 Å². The minimum atomic E-state index is -3.22. The average molecular weight is 349 g/mol. The molecule has 0 aromatic heterocycles. The zero-order valence-electron chi connectivity index (χ0n) is 13.1. The van der Waals surface area contributed by atoms with Crippen LogP contribution in [0.15, 0.2) is 59.5 Å². The smallest absolute Gasteiger partial charge is 0.269 e. The third-order valence-electron chi connectivity index (χ3n) is 3.48. The third kappa shape index (κ3) is 5.34. The van der Waals surface area contributed by atoms with Crippen LogP contribution in [0.3, 0.4) is 0 Å². The van der Waals surface area contributed by atoms with Crippen molar-refractivity contribution in [2.45, 2.75) is 24.2 Å². The van der Waals surface area contributed by atoms with E-state index < -0.39 is 14.8 Å². The van der Waals surface area contributed by atoms with E-state index in [4.69, 9.17) is 4.74 Å². The number of rotatable bonds is 9. The van der Waals surface area contributed by atoms with Gasteiger partial charge in [-0.25, -0.2) is 8.42 Å². The molecule has 0 aliphatic carbocycles. The van der Waals surface area contributed by atoms with Crippen molar-refractivity contribution in [1.29, 1.82) is 0 Å². The normalized spacial score (nSPS) is 11.2. The standard InChI is InChI=1S/C17H19NO5S/c19-18(20)15-9-11-16(12-10-15)23-13-5-2-6-14-24(21,22)17-7-3-1-4-8-17/h1,3-4,7-12H,2,5-6,13-14H2.